The van der Waals surface area contributed by atoms with E-state index in [1.54, 1.807) is 17.1 Å². The quantitative estimate of drug-likeness (QED) is 0.788. The molecule has 3 rings (SSSR count). The lowest BCUT2D eigenvalue weighted by atomic mass is 10.1. The molecule has 1 aromatic carbocycles. The number of rotatable bonds is 4. The van der Waals surface area contributed by atoms with Gasteiger partial charge in [0, 0.05) is 18.3 Å². The molecule has 0 bridgehead atoms. The minimum Gasteiger partial charge on any atom is -0.369 e. The number of nitrogens with zero attached hydrogens (tertiary/aromatic N) is 4. The van der Waals surface area contributed by atoms with E-state index < -0.39 is 0 Å². The molecule has 0 aliphatic heterocycles. The number of aromatic nitrogens is 4. The minimum absolute atomic E-state index is 0.700. The molecule has 0 unspecified atom stereocenters. The second-order valence-corrected chi connectivity index (χ2v) is 4.33. The molecule has 0 aliphatic rings. The zero-order chi connectivity index (χ0) is 13.8. The zero-order valence-corrected chi connectivity index (χ0v) is 11.2. The van der Waals surface area contributed by atoms with Gasteiger partial charge in [-0.25, -0.2) is 9.67 Å². The predicted octanol–water partition coefficient (Wildman–Crippen LogP) is 2.76. The molecule has 2 heterocycles. The Morgan fingerprint density at radius 1 is 1.05 bits per heavy atom. The smallest absolute Gasteiger partial charge is 0.173 e. The molecule has 0 saturated heterocycles. The Kier molecular flexibility index (Phi) is 3.41. The second-order valence-electron chi connectivity index (χ2n) is 4.33. The average Bonchev–Trinajstić information content (AvgIpc) is 2.99. The second kappa shape index (κ2) is 5.52. The first-order chi connectivity index (χ1) is 9.86. The van der Waals surface area contributed by atoms with Crippen LogP contribution in [-0.4, -0.2) is 26.3 Å². The van der Waals surface area contributed by atoms with E-state index in [0.29, 0.717) is 5.82 Å². The van der Waals surface area contributed by atoms with Crippen molar-refractivity contribution >= 4 is 5.82 Å². The lowest BCUT2D eigenvalue weighted by Gasteiger charge is -2.04. The Hall–Kier alpha value is -2.69. The summed E-state index contributed by atoms with van der Waals surface area (Å²) in [5.41, 5.74) is 2.19. The summed E-state index contributed by atoms with van der Waals surface area (Å²) in [6.45, 7) is 2.84. The molecular weight excluding hydrogens is 250 g/mol. The van der Waals surface area contributed by atoms with Gasteiger partial charge in [0.05, 0.1) is 18.6 Å². The molecule has 1 N–H and O–H groups in total. The van der Waals surface area contributed by atoms with E-state index in [4.69, 9.17) is 0 Å². The topological polar surface area (TPSA) is 55.6 Å². The molecule has 0 radical (unpaired) electrons. The van der Waals surface area contributed by atoms with E-state index in [2.05, 4.69) is 32.5 Å². The van der Waals surface area contributed by atoms with Crippen molar-refractivity contribution in [2.45, 2.75) is 6.92 Å². The van der Waals surface area contributed by atoms with E-state index >= 15 is 0 Å². The maximum atomic E-state index is 4.47. The predicted molar refractivity (Wildman–Crippen MR) is 78.8 cm³/mol. The summed E-state index contributed by atoms with van der Waals surface area (Å²) in [5.74, 6) is 1.45. The molecule has 0 atom stereocenters. The van der Waals surface area contributed by atoms with Crippen LogP contribution in [-0.2, 0) is 0 Å². The van der Waals surface area contributed by atoms with Crippen molar-refractivity contribution in [3.05, 3.63) is 55.1 Å². The van der Waals surface area contributed by atoms with Crippen LogP contribution in [0.1, 0.15) is 6.92 Å². The van der Waals surface area contributed by atoms with Crippen molar-refractivity contribution in [2.75, 3.05) is 11.9 Å². The number of hydrogen-bond donors (Lipinski definition) is 1. The lowest BCUT2D eigenvalue weighted by Crippen LogP contribution is -2.04. The fourth-order valence-electron chi connectivity index (χ4n) is 1.96. The molecule has 0 spiro atoms. The van der Waals surface area contributed by atoms with Gasteiger partial charge in [-0.3, -0.25) is 4.98 Å². The molecule has 0 aliphatic carbocycles. The van der Waals surface area contributed by atoms with Crippen LogP contribution in [0.2, 0.25) is 0 Å². The van der Waals surface area contributed by atoms with Crippen LogP contribution in [0.3, 0.4) is 0 Å². The van der Waals surface area contributed by atoms with Crippen molar-refractivity contribution in [1.82, 2.24) is 19.7 Å². The lowest BCUT2D eigenvalue weighted by molar-refractivity contribution is 0.838. The highest BCUT2D eigenvalue weighted by molar-refractivity contribution is 5.61. The summed E-state index contributed by atoms with van der Waals surface area (Å²) in [4.78, 5) is 8.64. The Balaban J connectivity index is 1.92. The van der Waals surface area contributed by atoms with Crippen LogP contribution >= 0.6 is 0 Å². The molecule has 5 heteroatoms. The normalized spacial score (nSPS) is 10.4. The van der Waals surface area contributed by atoms with Gasteiger partial charge in [0.15, 0.2) is 5.82 Å². The highest BCUT2D eigenvalue weighted by atomic mass is 15.3. The van der Waals surface area contributed by atoms with Crippen molar-refractivity contribution in [3.63, 3.8) is 0 Å². The fourth-order valence-corrected chi connectivity index (χ4v) is 1.96. The van der Waals surface area contributed by atoms with E-state index in [-0.39, 0.29) is 0 Å². The summed E-state index contributed by atoms with van der Waals surface area (Å²) in [6, 6.07) is 10.1. The third-order valence-corrected chi connectivity index (χ3v) is 2.90. The van der Waals surface area contributed by atoms with Gasteiger partial charge >= 0.3 is 0 Å². The monoisotopic (exact) mass is 265 g/mol. The van der Waals surface area contributed by atoms with Crippen LogP contribution in [0.15, 0.2) is 55.1 Å². The molecule has 0 saturated carbocycles. The van der Waals surface area contributed by atoms with Gasteiger partial charge in [0.2, 0.25) is 0 Å². The van der Waals surface area contributed by atoms with E-state index in [0.717, 1.165) is 23.5 Å². The van der Waals surface area contributed by atoms with Crippen molar-refractivity contribution < 1.29 is 0 Å². The zero-order valence-electron chi connectivity index (χ0n) is 11.2. The highest BCUT2D eigenvalue weighted by Gasteiger charge is 2.05. The van der Waals surface area contributed by atoms with Gasteiger partial charge in [-0.05, 0) is 12.5 Å². The van der Waals surface area contributed by atoms with E-state index in [9.17, 15) is 0 Å². The first-order valence-corrected chi connectivity index (χ1v) is 6.53. The van der Waals surface area contributed by atoms with Crippen LogP contribution in [0.5, 0.6) is 0 Å². The van der Waals surface area contributed by atoms with Gasteiger partial charge in [-0.15, -0.1) is 0 Å². The standard InChI is InChI=1S/C15H15N5/c1-2-17-14-9-16-10-15(19-14)20-11-13(8-18-20)12-6-4-3-5-7-12/h3-11H,2H2,1H3,(H,17,19). The Bertz CT molecular complexity index is 690. The molecule has 2 aromatic heterocycles. The van der Waals surface area contributed by atoms with Gasteiger partial charge in [-0.1, -0.05) is 30.3 Å². The first-order valence-electron chi connectivity index (χ1n) is 6.53. The van der Waals surface area contributed by atoms with Gasteiger partial charge in [0.1, 0.15) is 5.82 Å². The maximum Gasteiger partial charge on any atom is 0.173 e. The number of nitrogens with one attached hydrogen (secondary N) is 1. The number of hydrogen-bond acceptors (Lipinski definition) is 4. The van der Waals surface area contributed by atoms with Gasteiger partial charge in [-0.2, -0.15) is 5.10 Å². The summed E-state index contributed by atoms with van der Waals surface area (Å²) < 4.78 is 1.73. The summed E-state index contributed by atoms with van der Waals surface area (Å²) in [7, 11) is 0. The molecular formula is C15H15N5. The highest BCUT2D eigenvalue weighted by Crippen LogP contribution is 2.19. The van der Waals surface area contributed by atoms with Crippen LogP contribution < -0.4 is 5.32 Å². The molecule has 100 valence electrons. The van der Waals surface area contributed by atoms with E-state index in [1.807, 2.05) is 37.5 Å². The molecule has 0 amide bonds. The molecule has 0 fully saturated rings. The van der Waals surface area contributed by atoms with Gasteiger partial charge in [0.25, 0.3) is 0 Å². The third-order valence-electron chi connectivity index (χ3n) is 2.90. The summed E-state index contributed by atoms with van der Waals surface area (Å²) in [6.07, 6.45) is 7.18. The Morgan fingerprint density at radius 2 is 1.90 bits per heavy atom. The number of anilines is 1. The Labute approximate surface area is 117 Å². The van der Waals surface area contributed by atoms with Crippen LogP contribution in [0, 0.1) is 0 Å². The van der Waals surface area contributed by atoms with Crippen molar-refractivity contribution in [3.8, 4) is 16.9 Å². The summed E-state index contributed by atoms with van der Waals surface area (Å²) in [5, 5.41) is 7.49. The average molecular weight is 265 g/mol. The fraction of sp³-hybridized carbons (Fsp3) is 0.133. The SMILES string of the molecule is CCNc1cncc(-n2cc(-c3ccccc3)cn2)n1. The molecule has 20 heavy (non-hydrogen) atoms. The maximum absolute atomic E-state index is 4.47. The van der Waals surface area contributed by atoms with Crippen molar-refractivity contribution in [2.24, 2.45) is 0 Å². The van der Waals surface area contributed by atoms with E-state index in [1.165, 1.54) is 0 Å². The van der Waals surface area contributed by atoms with Crippen molar-refractivity contribution in [1.29, 1.82) is 0 Å². The molecule has 3 aromatic rings. The largest absolute Gasteiger partial charge is 0.369 e. The summed E-state index contributed by atoms with van der Waals surface area (Å²) >= 11 is 0. The minimum atomic E-state index is 0.700. The van der Waals surface area contributed by atoms with Crippen LogP contribution in [0.4, 0.5) is 5.82 Å². The first kappa shape index (κ1) is 12.3. The third kappa shape index (κ3) is 2.51. The number of benzene rings is 1. The molecule has 5 nitrogen and oxygen atoms in total. The van der Waals surface area contributed by atoms with Gasteiger partial charge < -0.3 is 5.32 Å². The Morgan fingerprint density at radius 3 is 2.70 bits per heavy atom. The van der Waals surface area contributed by atoms with Crippen LogP contribution in [0.25, 0.3) is 16.9 Å².